The van der Waals surface area contributed by atoms with Crippen LogP contribution in [0.2, 0.25) is 5.02 Å². The van der Waals surface area contributed by atoms with Crippen LogP contribution in [-0.4, -0.2) is 21.4 Å². The van der Waals surface area contributed by atoms with E-state index in [1.165, 1.54) is 35.6 Å². The second kappa shape index (κ2) is 8.57. The van der Waals surface area contributed by atoms with Crippen LogP contribution < -0.4 is 9.62 Å². The Labute approximate surface area is 180 Å². The summed E-state index contributed by atoms with van der Waals surface area (Å²) in [4.78, 5) is 12.7. The van der Waals surface area contributed by atoms with Gasteiger partial charge in [-0.25, -0.2) is 8.42 Å². The Hall–Kier alpha value is -3.34. The molecule has 0 radical (unpaired) electrons. The lowest BCUT2D eigenvalue weighted by atomic mass is 10.1. The summed E-state index contributed by atoms with van der Waals surface area (Å²) in [6.07, 6.45) is 0. The van der Waals surface area contributed by atoms with Crippen LogP contribution in [0, 0.1) is 18.3 Å². The van der Waals surface area contributed by atoms with Crippen LogP contribution in [0.15, 0.2) is 71.6 Å². The SMILES string of the molecule is Cc1ccc(S(=O)(=O)N(C)c2ccc(C(=O)Nc3ccc(C#N)c(Cl)c3)cc2)cc1. The van der Waals surface area contributed by atoms with Crippen molar-refractivity contribution >= 4 is 38.9 Å². The van der Waals surface area contributed by atoms with Gasteiger partial charge in [-0.15, -0.1) is 0 Å². The van der Waals surface area contributed by atoms with Crippen molar-refractivity contribution in [1.82, 2.24) is 0 Å². The minimum absolute atomic E-state index is 0.190. The molecule has 1 amide bonds. The van der Waals surface area contributed by atoms with Gasteiger partial charge < -0.3 is 5.32 Å². The van der Waals surface area contributed by atoms with Crippen molar-refractivity contribution in [1.29, 1.82) is 5.26 Å². The summed E-state index contributed by atoms with van der Waals surface area (Å²) in [5.74, 6) is -0.383. The first-order chi connectivity index (χ1) is 14.2. The van der Waals surface area contributed by atoms with E-state index >= 15 is 0 Å². The summed E-state index contributed by atoms with van der Waals surface area (Å²) in [6.45, 7) is 1.88. The number of benzene rings is 3. The van der Waals surface area contributed by atoms with E-state index in [0.717, 1.165) is 5.56 Å². The second-order valence-electron chi connectivity index (χ2n) is 6.59. The molecular formula is C22H18ClN3O3S. The van der Waals surface area contributed by atoms with Gasteiger partial charge in [0.05, 0.1) is 21.2 Å². The Bertz CT molecular complexity index is 1230. The maximum Gasteiger partial charge on any atom is 0.264 e. The monoisotopic (exact) mass is 439 g/mol. The van der Waals surface area contributed by atoms with Gasteiger partial charge in [0.15, 0.2) is 0 Å². The standard InChI is InChI=1S/C22H18ClN3O3S/c1-15-3-11-20(12-4-15)30(28,29)26(2)19-9-6-16(7-10-19)22(27)25-18-8-5-17(14-24)21(23)13-18/h3-13H,1-2H3,(H,25,27). The van der Waals surface area contributed by atoms with Crippen molar-refractivity contribution in [3.63, 3.8) is 0 Å². The van der Waals surface area contributed by atoms with E-state index in [9.17, 15) is 13.2 Å². The molecule has 3 aromatic carbocycles. The highest BCUT2D eigenvalue weighted by Crippen LogP contribution is 2.24. The van der Waals surface area contributed by atoms with E-state index in [1.54, 1.807) is 42.5 Å². The number of aryl methyl sites for hydroxylation is 1. The maximum atomic E-state index is 12.8. The van der Waals surface area contributed by atoms with Crippen LogP contribution in [0.1, 0.15) is 21.5 Å². The van der Waals surface area contributed by atoms with Gasteiger partial charge >= 0.3 is 0 Å². The first kappa shape index (κ1) is 21.4. The quantitative estimate of drug-likeness (QED) is 0.629. The highest BCUT2D eigenvalue weighted by molar-refractivity contribution is 7.92. The summed E-state index contributed by atoms with van der Waals surface area (Å²) < 4.78 is 26.8. The Balaban J connectivity index is 1.77. The van der Waals surface area contributed by atoms with Crippen LogP contribution >= 0.6 is 11.6 Å². The molecule has 0 aliphatic heterocycles. The van der Waals surface area contributed by atoms with E-state index in [2.05, 4.69) is 5.32 Å². The van der Waals surface area contributed by atoms with Gasteiger partial charge in [0.2, 0.25) is 0 Å². The molecule has 0 saturated carbocycles. The summed E-state index contributed by atoms with van der Waals surface area (Å²) in [7, 11) is -2.25. The molecule has 0 bridgehead atoms. The average molecular weight is 440 g/mol. The van der Waals surface area contributed by atoms with E-state index in [0.29, 0.717) is 22.5 Å². The number of hydrogen-bond donors (Lipinski definition) is 1. The number of carbonyl (C=O) groups is 1. The lowest BCUT2D eigenvalue weighted by Gasteiger charge is -2.20. The van der Waals surface area contributed by atoms with Gasteiger partial charge in [-0.2, -0.15) is 5.26 Å². The fourth-order valence-electron chi connectivity index (χ4n) is 2.72. The molecule has 0 atom stereocenters. The number of halogens is 1. The Kier molecular flexibility index (Phi) is 6.11. The number of sulfonamides is 1. The zero-order valence-corrected chi connectivity index (χ0v) is 17.8. The number of anilines is 2. The third-order valence-electron chi connectivity index (χ3n) is 4.52. The van der Waals surface area contributed by atoms with Crippen molar-refractivity contribution in [3.05, 3.63) is 88.4 Å². The van der Waals surface area contributed by atoms with Gasteiger partial charge in [-0.1, -0.05) is 29.3 Å². The molecule has 0 aromatic heterocycles. The van der Waals surface area contributed by atoms with Gasteiger partial charge in [-0.3, -0.25) is 9.10 Å². The molecule has 0 fully saturated rings. The smallest absolute Gasteiger partial charge is 0.264 e. The first-order valence-corrected chi connectivity index (χ1v) is 10.7. The van der Waals surface area contributed by atoms with Crippen molar-refractivity contribution in [2.45, 2.75) is 11.8 Å². The van der Waals surface area contributed by atoms with Gasteiger partial charge in [0, 0.05) is 18.3 Å². The predicted octanol–water partition coefficient (Wildman–Crippen LogP) is 4.60. The highest BCUT2D eigenvalue weighted by atomic mass is 35.5. The fourth-order valence-corrected chi connectivity index (χ4v) is 4.13. The second-order valence-corrected chi connectivity index (χ2v) is 8.97. The Morgan fingerprint density at radius 1 is 1.03 bits per heavy atom. The molecule has 0 heterocycles. The molecule has 30 heavy (non-hydrogen) atoms. The first-order valence-electron chi connectivity index (χ1n) is 8.89. The number of hydrogen-bond acceptors (Lipinski definition) is 4. The molecule has 0 saturated heterocycles. The summed E-state index contributed by atoms with van der Waals surface area (Å²) >= 11 is 5.98. The fraction of sp³-hybridized carbons (Fsp3) is 0.0909. The lowest BCUT2D eigenvalue weighted by Crippen LogP contribution is -2.26. The van der Waals surface area contributed by atoms with Gasteiger partial charge in [0.1, 0.15) is 6.07 Å². The third-order valence-corrected chi connectivity index (χ3v) is 6.63. The highest BCUT2D eigenvalue weighted by Gasteiger charge is 2.21. The molecule has 1 N–H and O–H groups in total. The molecular weight excluding hydrogens is 422 g/mol. The zero-order valence-electron chi connectivity index (χ0n) is 16.3. The minimum atomic E-state index is -3.71. The van der Waals surface area contributed by atoms with E-state index in [1.807, 2.05) is 13.0 Å². The molecule has 6 nitrogen and oxygen atoms in total. The minimum Gasteiger partial charge on any atom is -0.322 e. The van der Waals surface area contributed by atoms with Crippen LogP contribution in [0.3, 0.4) is 0 Å². The molecule has 3 rings (SSSR count). The van der Waals surface area contributed by atoms with E-state index in [-0.39, 0.29) is 15.8 Å². The van der Waals surface area contributed by atoms with Gasteiger partial charge in [-0.05, 0) is 61.5 Å². The lowest BCUT2D eigenvalue weighted by molar-refractivity contribution is 0.102. The predicted molar refractivity (Wildman–Crippen MR) is 117 cm³/mol. The Morgan fingerprint density at radius 2 is 1.67 bits per heavy atom. The molecule has 152 valence electrons. The summed E-state index contributed by atoms with van der Waals surface area (Å²) in [6, 6.07) is 19.4. The van der Waals surface area contributed by atoms with E-state index in [4.69, 9.17) is 16.9 Å². The Morgan fingerprint density at radius 3 is 2.23 bits per heavy atom. The molecule has 3 aromatic rings. The molecule has 0 unspecified atom stereocenters. The van der Waals surface area contributed by atoms with E-state index < -0.39 is 10.0 Å². The average Bonchev–Trinajstić information content (AvgIpc) is 2.73. The van der Waals surface area contributed by atoms with Gasteiger partial charge in [0.25, 0.3) is 15.9 Å². The maximum absolute atomic E-state index is 12.8. The normalized spacial score (nSPS) is 10.9. The van der Waals surface area contributed by atoms with Crippen LogP contribution in [0.4, 0.5) is 11.4 Å². The molecule has 0 aliphatic rings. The number of nitrogens with zero attached hydrogens (tertiary/aromatic N) is 2. The third kappa shape index (κ3) is 4.46. The number of amides is 1. The van der Waals surface area contributed by atoms with Crippen molar-refractivity contribution < 1.29 is 13.2 Å². The number of rotatable bonds is 5. The topological polar surface area (TPSA) is 90.3 Å². The molecule has 8 heteroatoms. The molecule has 0 spiro atoms. The largest absolute Gasteiger partial charge is 0.322 e. The van der Waals surface area contributed by atoms with Crippen LogP contribution in [-0.2, 0) is 10.0 Å². The van der Waals surface area contributed by atoms with Crippen LogP contribution in [0.5, 0.6) is 0 Å². The van der Waals surface area contributed by atoms with Crippen molar-refractivity contribution in [2.75, 3.05) is 16.7 Å². The molecule has 0 aliphatic carbocycles. The summed E-state index contributed by atoms with van der Waals surface area (Å²) in [5.41, 5.74) is 2.51. The number of carbonyl (C=O) groups excluding carboxylic acids is 1. The van der Waals surface area contributed by atoms with Crippen LogP contribution in [0.25, 0.3) is 0 Å². The van der Waals surface area contributed by atoms with Crippen molar-refractivity contribution in [2.24, 2.45) is 0 Å². The number of nitriles is 1. The van der Waals surface area contributed by atoms with Crippen molar-refractivity contribution in [3.8, 4) is 6.07 Å². The zero-order chi connectivity index (χ0) is 21.9. The summed E-state index contributed by atoms with van der Waals surface area (Å²) in [5, 5.41) is 11.9. The number of nitrogens with one attached hydrogen (secondary N) is 1.